The van der Waals surface area contributed by atoms with Crippen LogP contribution in [0.4, 0.5) is 11.4 Å². The van der Waals surface area contributed by atoms with Crippen LogP contribution in [0.2, 0.25) is 0 Å². The SMILES string of the molecule is COc1ccc(OCCNC(=O)c2cc(Nc3cccc(C)c3C)ccn2)cc1. The first kappa shape index (κ1) is 20.2. The fourth-order valence-corrected chi connectivity index (χ4v) is 2.77. The Bertz CT molecular complexity index is 971. The number of aromatic nitrogens is 1. The summed E-state index contributed by atoms with van der Waals surface area (Å²) in [5, 5.41) is 6.18. The number of hydrogen-bond acceptors (Lipinski definition) is 5. The van der Waals surface area contributed by atoms with E-state index in [9.17, 15) is 4.79 Å². The lowest BCUT2D eigenvalue weighted by molar-refractivity contribution is 0.0942. The first-order chi connectivity index (χ1) is 14.1. The number of aryl methyl sites for hydroxylation is 1. The van der Waals surface area contributed by atoms with Gasteiger partial charge >= 0.3 is 0 Å². The molecule has 0 atom stereocenters. The molecule has 2 aromatic carbocycles. The summed E-state index contributed by atoms with van der Waals surface area (Å²) in [6, 6.07) is 17.0. The third kappa shape index (κ3) is 5.48. The van der Waals surface area contributed by atoms with E-state index >= 15 is 0 Å². The zero-order valence-electron chi connectivity index (χ0n) is 16.9. The Morgan fingerprint density at radius 2 is 1.79 bits per heavy atom. The number of nitrogens with zero attached hydrogens (tertiary/aromatic N) is 1. The lowest BCUT2D eigenvalue weighted by Gasteiger charge is -2.12. The number of nitrogens with one attached hydrogen (secondary N) is 2. The second-order valence-electron chi connectivity index (χ2n) is 6.58. The number of anilines is 2. The number of benzene rings is 2. The van der Waals surface area contributed by atoms with Crippen molar-refractivity contribution < 1.29 is 14.3 Å². The van der Waals surface area contributed by atoms with Crippen LogP contribution in [0.5, 0.6) is 11.5 Å². The van der Waals surface area contributed by atoms with Crippen LogP contribution in [0.25, 0.3) is 0 Å². The summed E-state index contributed by atoms with van der Waals surface area (Å²) in [6.45, 7) is 4.87. The number of pyridine rings is 1. The van der Waals surface area contributed by atoms with Crippen LogP contribution in [-0.2, 0) is 0 Å². The second kappa shape index (κ2) is 9.59. The Labute approximate surface area is 170 Å². The molecule has 0 aliphatic heterocycles. The van der Waals surface area contributed by atoms with Gasteiger partial charge in [-0.1, -0.05) is 12.1 Å². The molecule has 29 heavy (non-hydrogen) atoms. The van der Waals surface area contributed by atoms with Gasteiger partial charge in [-0.15, -0.1) is 0 Å². The molecule has 0 saturated carbocycles. The van der Waals surface area contributed by atoms with Gasteiger partial charge in [0.2, 0.25) is 0 Å². The molecule has 1 heterocycles. The summed E-state index contributed by atoms with van der Waals surface area (Å²) >= 11 is 0. The fraction of sp³-hybridized carbons (Fsp3) is 0.217. The van der Waals surface area contributed by atoms with Crippen molar-refractivity contribution >= 4 is 17.3 Å². The van der Waals surface area contributed by atoms with Crippen molar-refractivity contribution in [2.75, 3.05) is 25.6 Å². The maximum absolute atomic E-state index is 12.4. The van der Waals surface area contributed by atoms with E-state index in [2.05, 4.69) is 35.5 Å². The highest BCUT2D eigenvalue weighted by Gasteiger charge is 2.09. The third-order valence-electron chi connectivity index (χ3n) is 4.59. The summed E-state index contributed by atoms with van der Waals surface area (Å²) < 4.78 is 10.7. The van der Waals surface area contributed by atoms with E-state index in [-0.39, 0.29) is 5.91 Å². The first-order valence-corrected chi connectivity index (χ1v) is 9.41. The number of rotatable bonds is 8. The molecule has 1 aromatic heterocycles. The number of hydrogen-bond donors (Lipinski definition) is 2. The number of ether oxygens (including phenoxy) is 2. The Balaban J connectivity index is 1.53. The summed E-state index contributed by atoms with van der Waals surface area (Å²) in [4.78, 5) is 16.6. The van der Waals surface area contributed by atoms with E-state index in [0.29, 0.717) is 18.8 Å². The van der Waals surface area contributed by atoms with Crippen molar-refractivity contribution in [2.24, 2.45) is 0 Å². The maximum Gasteiger partial charge on any atom is 0.270 e. The zero-order chi connectivity index (χ0) is 20.6. The van der Waals surface area contributed by atoms with Gasteiger partial charge in [-0.2, -0.15) is 0 Å². The van der Waals surface area contributed by atoms with Crippen molar-refractivity contribution in [2.45, 2.75) is 13.8 Å². The predicted octanol–water partition coefficient (Wildman–Crippen LogP) is 4.26. The van der Waals surface area contributed by atoms with Crippen molar-refractivity contribution in [3.8, 4) is 11.5 Å². The number of carbonyl (C=O) groups excluding carboxylic acids is 1. The van der Waals surface area contributed by atoms with Crippen LogP contribution in [0.3, 0.4) is 0 Å². The van der Waals surface area contributed by atoms with Gasteiger partial charge < -0.3 is 20.1 Å². The third-order valence-corrected chi connectivity index (χ3v) is 4.59. The van der Waals surface area contributed by atoms with Crippen molar-refractivity contribution in [1.29, 1.82) is 0 Å². The predicted molar refractivity (Wildman–Crippen MR) is 114 cm³/mol. The summed E-state index contributed by atoms with van der Waals surface area (Å²) in [5.41, 5.74) is 4.55. The van der Waals surface area contributed by atoms with Gasteiger partial charge in [-0.25, -0.2) is 0 Å². The van der Waals surface area contributed by atoms with Crippen LogP contribution in [0, 0.1) is 13.8 Å². The standard InChI is InChI=1S/C23H25N3O3/c1-16-5-4-6-21(17(16)2)26-18-11-12-24-22(15-18)23(27)25-13-14-29-20-9-7-19(28-3)8-10-20/h4-12,15H,13-14H2,1-3H3,(H,24,26)(H,25,27). The molecule has 0 saturated heterocycles. The van der Waals surface area contributed by atoms with Crippen LogP contribution < -0.4 is 20.1 Å². The van der Waals surface area contributed by atoms with E-state index in [0.717, 1.165) is 22.9 Å². The van der Waals surface area contributed by atoms with Crippen LogP contribution in [0.15, 0.2) is 60.8 Å². The first-order valence-electron chi connectivity index (χ1n) is 9.41. The molecule has 3 aromatic rings. The average molecular weight is 391 g/mol. The molecule has 2 N–H and O–H groups in total. The summed E-state index contributed by atoms with van der Waals surface area (Å²) in [7, 11) is 1.62. The van der Waals surface area contributed by atoms with Crippen LogP contribution in [0.1, 0.15) is 21.6 Å². The molecular weight excluding hydrogens is 366 g/mol. The largest absolute Gasteiger partial charge is 0.497 e. The fourth-order valence-electron chi connectivity index (χ4n) is 2.77. The van der Waals surface area contributed by atoms with Gasteiger partial charge in [0.15, 0.2) is 0 Å². The number of carbonyl (C=O) groups is 1. The van der Waals surface area contributed by atoms with Crippen molar-refractivity contribution in [3.63, 3.8) is 0 Å². The minimum Gasteiger partial charge on any atom is -0.497 e. The molecule has 0 bridgehead atoms. The lowest BCUT2D eigenvalue weighted by atomic mass is 10.1. The Hall–Kier alpha value is -3.54. The number of methoxy groups -OCH3 is 1. The van der Waals surface area contributed by atoms with Crippen molar-refractivity contribution in [3.05, 3.63) is 77.6 Å². The maximum atomic E-state index is 12.4. The zero-order valence-corrected chi connectivity index (χ0v) is 16.9. The highest BCUT2D eigenvalue weighted by molar-refractivity contribution is 5.93. The van der Waals surface area contributed by atoms with Crippen LogP contribution >= 0.6 is 0 Å². The monoisotopic (exact) mass is 391 g/mol. The van der Waals surface area contributed by atoms with Crippen LogP contribution in [-0.4, -0.2) is 31.2 Å². The van der Waals surface area contributed by atoms with E-state index < -0.39 is 0 Å². The van der Waals surface area contributed by atoms with E-state index in [1.165, 1.54) is 11.1 Å². The van der Waals surface area contributed by atoms with Gasteiger partial charge in [-0.05, 0) is 67.4 Å². The molecule has 1 amide bonds. The minimum absolute atomic E-state index is 0.243. The number of amides is 1. The molecule has 3 rings (SSSR count). The van der Waals surface area contributed by atoms with E-state index in [4.69, 9.17) is 9.47 Å². The quantitative estimate of drug-likeness (QED) is 0.562. The second-order valence-corrected chi connectivity index (χ2v) is 6.58. The average Bonchev–Trinajstić information content (AvgIpc) is 2.75. The molecule has 6 nitrogen and oxygen atoms in total. The molecule has 6 heteroatoms. The summed E-state index contributed by atoms with van der Waals surface area (Å²) in [5.74, 6) is 1.25. The Morgan fingerprint density at radius 1 is 1.03 bits per heavy atom. The van der Waals surface area contributed by atoms with Gasteiger partial charge in [-0.3, -0.25) is 9.78 Å². The van der Waals surface area contributed by atoms with Crippen molar-refractivity contribution in [1.82, 2.24) is 10.3 Å². The normalized spacial score (nSPS) is 10.3. The smallest absolute Gasteiger partial charge is 0.270 e. The molecular formula is C23H25N3O3. The van der Waals surface area contributed by atoms with E-state index in [1.807, 2.05) is 42.5 Å². The highest BCUT2D eigenvalue weighted by atomic mass is 16.5. The summed E-state index contributed by atoms with van der Waals surface area (Å²) in [6.07, 6.45) is 1.62. The molecule has 0 spiro atoms. The lowest BCUT2D eigenvalue weighted by Crippen LogP contribution is -2.28. The Morgan fingerprint density at radius 3 is 2.55 bits per heavy atom. The molecule has 0 aliphatic rings. The molecule has 150 valence electrons. The van der Waals surface area contributed by atoms with E-state index in [1.54, 1.807) is 19.4 Å². The topological polar surface area (TPSA) is 72.5 Å². The van der Waals surface area contributed by atoms with Gasteiger partial charge in [0, 0.05) is 17.6 Å². The molecule has 0 fully saturated rings. The molecule has 0 aliphatic carbocycles. The molecule has 0 unspecified atom stereocenters. The van der Waals surface area contributed by atoms with Gasteiger partial charge in [0.25, 0.3) is 5.91 Å². The molecule has 0 radical (unpaired) electrons. The Kier molecular flexibility index (Phi) is 6.68. The highest BCUT2D eigenvalue weighted by Crippen LogP contribution is 2.23. The van der Waals surface area contributed by atoms with Gasteiger partial charge in [0.05, 0.1) is 13.7 Å². The van der Waals surface area contributed by atoms with Gasteiger partial charge in [0.1, 0.15) is 23.8 Å². The minimum atomic E-state index is -0.243.